The van der Waals surface area contributed by atoms with Crippen LogP contribution in [0.25, 0.3) is 22.2 Å². The molecule has 1 aromatic heterocycles. The molecule has 4 nitrogen and oxygen atoms in total. The Hall–Kier alpha value is -3.21. The minimum Gasteiger partial charge on any atom is -0.336 e. The number of carbonyl (C=O) groups is 1. The number of fused-ring (bicyclic) bond motifs is 1. The standard InChI is InChI=1S/C28H26ClN3O/c1-20-25(29)13-12-23-24(18-26(30-27(20)23)22-10-6-3-7-11-22)28(33)32-16-14-31(15-17-32)19-21-8-4-2-5-9-21/h2-13,18H,14-17,19H2,1H3. The molecule has 3 aromatic carbocycles. The summed E-state index contributed by atoms with van der Waals surface area (Å²) in [6.45, 7) is 6.02. The van der Waals surface area contributed by atoms with E-state index < -0.39 is 0 Å². The van der Waals surface area contributed by atoms with Crippen molar-refractivity contribution in [3.63, 3.8) is 0 Å². The van der Waals surface area contributed by atoms with E-state index in [2.05, 4.69) is 29.2 Å². The lowest BCUT2D eigenvalue weighted by molar-refractivity contribution is 0.0630. The first-order chi connectivity index (χ1) is 16.1. The first-order valence-corrected chi connectivity index (χ1v) is 11.7. The molecule has 5 rings (SSSR count). The average molecular weight is 456 g/mol. The molecule has 4 aromatic rings. The highest BCUT2D eigenvalue weighted by Gasteiger charge is 2.25. The molecule has 1 aliphatic heterocycles. The van der Waals surface area contributed by atoms with Crippen molar-refractivity contribution in [3.8, 4) is 11.3 Å². The van der Waals surface area contributed by atoms with Gasteiger partial charge < -0.3 is 4.90 Å². The number of pyridine rings is 1. The van der Waals surface area contributed by atoms with E-state index in [0.717, 1.165) is 47.4 Å². The van der Waals surface area contributed by atoms with Gasteiger partial charge in [0, 0.05) is 48.7 Å². The number of nitrogens with zero attached hydrogens (tertiary/aromatic N) is 3. The Kier molecular flexibility index (Phi) is 6.12. The van der Waals surface area contributed by atoms with Crippen molar-refractivity contribution >= 4 is 28.4 Å². The fourth-order valence-electron chi connectivity index (χ4n) is 4.46. The van der Waals surface area contributed by atoms with E-state index in [1.54, 1.807) is 0 Å². The van der Waals surface area contributed by atoms with Crippen LogP contribution in [-0.2, 0) is 6.54 Å². The Morgan fingerprint density at radius 1 is 0.909 bits per heavy atom. The SMILES string of the molecule is Cc1c(Cl)ccc2c(C(=O)N3CCN(Cc4ccccc4)CC3)cc(-c3ccccc3)nc12. The maximum absolute atomic E-state index is 13.7. The summed E-state index contributed by atoms with van der Waals surface area (Å²) in [6, 6.07) is 26.2. The van der Waals surface area contributed by atoms with E-state index in [1.807, 2.05) is 66.4 Å². The number of hydrogen-bond donors (Lipinski definition) is 0. The minimum absolute atomic E-state index is 0.0562. The van der Waals surface area contributed by atoms with Gasteiger partial charge >= 0.3 is 0 Å². The molecular weight excluding hydrogens is 430 g/mol. The van der Waals surface area contributed by atoms with Crippen LogP contribution < -0.4 is 0 Å². The second-order valence-electron chi connectivity index (χ2n) is 8.54. The van der Waals surface area contributed by atoms with Gasteiger partial charge in [0.25, 0.3) is 5.91 Å². The van der Waals surface area contributed by atoms with Crippen LogP contribution in [-0.4, -0.2) is 46.9 Å². The topological polar surface area (TPSA) is 36.4 Å². The van der Waals surface area contributed by atoms with Crippen molar-refractivity contribution in [2.45, 2.75) is 13.5 Å². The lowest BCUT2D eigenvalue weighted by Gasteiger charge is -2.35. The van der Waals surface area contributed by atoms with Crippen molar-refractivity contribution in [2.75, 3.05) is 26.2 Å². The lowest BCUT2D eigenvalue weighted by atomic mass is 10.0. The van der Waals surface area contributed by atoms with Crippen molar-refractivity contribution in [2.24, 2.45) is 0 Å². The quantitative estimate of drug-likeness (QED) is 0.389. The van der Waals surface area contributed by atoms with Crippen LogP contribution >= 0.6 is 11.6 Å². The van der Waals surface area contributed by atoms with Crippen molar-refractivity contribution in [1.29, 1.82) is 0 Å². The number of hydrogen-bond acceptors (Lipinski definition) is 3. The molecule has 1 fully saturated rings. The summed E-state index contributed by atoms with van der Waals surface area (Å²) < 4.78 is 0. The molecule has 0 atom stereocenters. The number of rotatable bonds is 4. The Morgan fingerprint density at radius 2 is 1.58 bits per heavy atom. The van der Waals surface area contributed by atoms with Crippen molar-refractivity contribution in [3.05, 3.63) is 101 Å². The molecule has 0 bridgehead atoms. The van der Waals surface area contributed by atoms with E-state index in [9.17, 15) is 4.79 Å². The lowest BCUT2D eigenvalue weighted by Crippen LogP contribution is -2.48. The molecule has 5 heteroatoms. The number of piperazine rings is 1. The zero-order valence-electron chi connectivity index (χ0n) is 18.7. The number of carbonyl (C=O) groups excluding carboxylic acids is 1. The molecule has 0 radical (unpaired) electrons. The Labute approximate surface area is 199 Å². The third-order valence-corrected chi connectivity index (χ3v) is 6.79. The summed E-state index contributed by atoms with van der Waals surface area (Å²) in [4.78, 5) is 23.0. The molecule has 1 amide bonds. The number of benzene rings is 3. The number of aryl methyl sites for hydroxylation is 1. The molecule has 0 aliphatic carbocycles. The van der Waals surface area contributed by atoms with Gasteiger partial charge in [-0.05, 0) is 30.2 Å². The molecule has 166 valence electrons. The molecule has 1 aliphatic rings. The summed E-state index contributed by atoms with van der Waals surface area (Å²) in [5, 5.41) is 1.52. The van der Waals surface area contributed by atoms with Crippen molar-refractivity contribution < 1.29 is 4.79 Å². The monoisotopic (exact) mass is 455 g/mol. The zero-order valence-corrected chi connectivity index (χ0v) is 19.4. The molecule has 1 saturated heterocycles. The van der Waals surface area contributed by atoms with Crippen LogP contribution in [0.15, 0.2) is 78.9 Å². The van der Waals surface area contributed by atoms with Crippen LogP contribution in [0.5, 0.6) is 0 Å². The summed E-state index contributed by atoms with van der Waals surface area (Å²) >= 11 is 6.41. The highest BCUT2D eigenvalue weighted by molar-refractivity contribution is 6.32. The molecule has 33 heavy (non-hydrogen) atoms. The van der Waals surface area contributed by atoms with Gasteiger partial charge in [0.2, 0.25) is 0 Å². The molecule has 2 heterocycles. The van der Waals surface area contributed by atoms with Crippen molar-refractivity contribution in [1.82, 2.24) is 14.8 Å². The van der Waals surface area contributed by atoms with E-state index in [4.69, 9.17) is 16.6 Å². The minimum atomic E-state index is 0.0562. The predicted octanol–water partition coefficient (Wildman–Crippen LogP) is 5.82. The first-order valence-electron chi connectivity index (χ1n) is 11.3. The van der Waals surface area contributed by atoms with E-state index in [-0.39, 0.29) is 5.91 Å². The van der Waals surface area contributed by atoms with Gasteiger partial charge in [0.05, 0.1) is 16.8 Å². The third kappa shape index (κ3) is 4.50. The molecule has 0 unspecified atom stereocenters. The number of aromatic nitrogens is 1. The van der Waals surface area contributed by atoms with Gasteiger partial charge in [-0.2, -0.15) is 0 Å². The third-order valence-electron chi connectivity index (χ3n) is 6.38. The average Bonchev–Trinajstić information content (AvgIpc) is 2.87. The van der Waals surface area contributed by atoms with Crippen LogP contribution in [0.3, 0.4) is 0 Å². The Balaban J connectivity index is 1.44. The maximum atomic E-state index is 13.7. The molecular formula is C28H26ClN3O. The Bertz CT molecular complexity index is 1280. The van der Waals surface area contributed by atoms with Crippen LogP contribution in [0.2, 0.25) is 5.02 Å². The fourth-order valence-corrected chi connectivity index (χ4v) is 4.61. The second-order valence-corrected chi connectivity index (χ2v) is 8.95. The largest absolute Gasteiger partial charge is 0.336 e. The highest BCUT2D eigenvalue weighted by Crippen LogP contribution is 2.31. The van der Waals surface area contributed by atoms with E-state index >= 15 is 0 Å². The maximum Gasteiger partial charge on any atom is 0.254 e. The van der Waals surface area contributed by atoms with Crippen LogP contribution in [0, 0.1) is 6.92 Å². The fraction of sp³-hybridized carbons (Fsp3) is 0.214. The van der Waals surface area contributed by atoms with Gasteiger partial charge in [0.15, 0.2) is 0 Å². The highest BCUT2D eigenvalue weighted by atomic mass is 35.5. The molecule has 0 saturated carbocycles. The summed E-state index contributed by atoms with van der Waals surface area (Å²) in [5.74, 6) is 0.0562. The smallest absolute Gasteiger partial charge is 0.254 e. The van der Waals surface area contributed by atoms with Gasteiger partial charge in [-0.15, -0.1) is 0 Å². The normalized spacial score (nSPS) is 14.5. The van der Waals surface area contributed by atoms with E-state index in [0.29, 0.717) is 23.7 Å². The van der Waals surface area contributed by atoms with Crippen LogP contribution in [0.1, 0.15) is 21.5 Å². The second kappa shape index (κ2) is 9.34. The Morgan fingerprint density at radius 3 is 2.27 bits per heavy atom. The summed E-state index contributed by atoms with van der Waals surface area (Å²) in [7, 11) is 0. The molecule has 0 spiro atoms. The number of amides is 1. The number of halogens is 1. The first kappa shape index (κ1) is 21.6. The van der Waals surface area contributed by atoms with E-state index in [1.165, 1.54) is 5.56 Å². The van der Waals surface area contributed by atoms with Gasteiger partial charge in [-0.25, -0.2) is 4.98 Å². The predicted molar refractivity (Wildman–Crippen MR) is 135 cm³/mol. The van der Waals surface area contributed by atoms with Gasteiger partial charge in [0.1, 0.15) is 0 Å². The van der Waals surface area contributed by atoms with Gasteiger partial charge in [-0.1, -0.05) is 78.3 Å². The zero-order chi connectivity index (χ0) is 22.8. The summed E-state index contributed by atoms with van der Waals surface area (Å²) in [6.07, 6.45) is 0. The summed E-state index contributed by atoms with van der Waals surface area (Å²) in [5.41, 5.74) is 5.45. The molecule has 0 N–H and O–H groups in total. The van der Waals surface area contributed by atoms with Crippen LogP contribution in [0.4, 0.5) is 0 Å². The van der Waals surface area contributed by atoms with Gasteiger partial charge in [-0.3, -0.25) is 9.69 Å².